The molecule has 0 radical (unpaired) electrons. The standard InChI is InChI=1S/C8H8F2N2O2/c1-14-7-4(8(11)12-13)2-3-5(9)6(7)10/h2-3,13H,1H3,(H2,11,12). The minimum absolute atomic E-state index is 0.00565. The van der Waals surface area contributed by atoms with E-state index in [0.29, 0.717) is 0 Å². The molecule has 0 bridgehead atoms. The molecule has 3 N–H and O–H groups in total. The zero-order valence-electron chi connectivity index (χ0n) is 7.29. The van der Waals surface area contributed by atoms with Crippen molar-refractivity contribution in [3.05, 3.63) is 29.3 Å². The van der Waals surface area contributed by atoms with Gasteiger partial charge in [-0.2, -0.15) is 4.39 Å². The largest absolute Gasteiger partial charge is 0.493 e. The Morgan fingerprint density at radius 3 is 2.64 bits per heavy atom. The minimum atomic E-state index is -1.17. The summed E-state index contributed by atoms with van der Waals surface area (Å²) >= 11 is 0. The highest BCUT2D eigenvalue weighted by Gasteiger charge is 2.16. The second-order valence-corrected chi connectivity index (χ2v) is 2.43. The summed E-state index contributed by atoms with van der Waals surface area (Å²) in [4.78, 5) is 0. The van der Waals surface area contributed by atoms with Crippen molar-refractivity contribution in [3.8, 4) is 5.75 Å². The van der Waals surface area contributed by atoms with E-state index < -0.39 is 11.6 Å². The summed E-state index contributed by atoms with van der Waals surface area (Å²) in [6, 6.07) is 2.03. The molecule has 1 rings (SSSR count). The number of hydrogen-bond donors (Lipinski definition) is 2. The maximum atomic E-state index is 13.1. The Balaban J connectivity index is 3.38. The smallest absolute Gasteiger partial charge is 0.201 e. The second-order valence-electron chi connectivity index (χ2n) is 2.43. The number of nitrogens with zero attached hydrogens (tertiary/aromatic N) is 1. The Labute approximate surface area is 78.6 Å². The van der Waals surface area contributed by atoms with E-state index in [1.54, 1.807) is 0 Å². The van der Waals surface area contributed by atoms with Gasteiger partial charge in [0.2, 0.25) is 5.82 Å². The van der Waals surface area contributed by atoms with Crippen LogP contribution in [0.4, 0.5) is 8.78 Å². The first kappa shape index (κ1) is 10.2. The predicted octanol–water partition coefficient (Wildman–Crippen LogP) is 1.07. The number of amidine groups is 1. The number of methoxy groups -OCH3 is 1. The fraction of sp³-hybridized carbons (Fsp3) is 0.125. The van der Waals surface area contributed by atoms with Gasteiger partial charge in [0.05, 0.1) is 12.7 Å². The van der Waals surface area contributed by atoms with Crippen molar-refractivity contribution in [3.63, 3.8) is 0 Å². The van der Waals surface area contributed by atoms with Gasteiger partial charge in [-0.1, -0.05) is 5.16 Å². The van der Waals surface area contributed by atoms with Gasteiger partial charge in [0, 0.05) is 0 Å². The lowest BCUT2D eigenvalue weighted by atomic mass is 10.1. The van der Waals surface area contributed by atoms with E-state index in [-0.39, 0.29) is 17.1 Å². The van der Waals surface area contributed by atoms with Gasteiger partial charge in [0.15, 0.2) is 17.4 Å². The predicted molar refractivity (Wildman–Crippen MR) is 45.4 cm³/mol. The van der Waals surface area contributed by atoms with E-state index in [1.165, 1.54) is 0 Å². The van der Waals surface area contributed by atoms with Crippen LogP contribution in [0, 0.1) is 11.6 Å². The van der Waals surface area contributed by atoms with Crippen LogP contribution in [0.3, 0.4) is 0 Å². The molecule has 0 fully saturated rings. The highest BCUT2D eigenvalue weighted by Crippen LogP contribution is 2.24. The van der Waals surface area contributed by atoms with Crippen LogP contribution in [0.15, 0.2) is 17.3 Å². The van der Waals surface area contributed by atoms with Gasteiger partial charge in [-0.15, -0.1) is 0 Å². The Hall–Kier alpha value is -1.85. The number of ether oxygens (including phenoxy) is 1. The Kier molecular flexibility index (Phi) is 2.85. The van der Waals surface area contributed by atoms with Crippen LogP contribution in [0.5, 0.6) is 5.75 Å². The third-order valence-electron chi connectivity index (χ3n) is 1.64. The third kappa shape index (κ3) is 1.59. The number of halogens is 2. The monoisotopic (exact) mass is 202 g/mol. The summed E-state index contributed by atoms with van der Waals surface area (Å²) < 4.78 is 30.4. The van der Waals surface area contributed by atoms with Crippen LogP contribution >= 0.6 is 0 Å². The molecule has 0 saturated carbocycles. The first-order chi connectivity index (χ1) is 6.61. The van der Waals surface area contributed by atoms with Crippen molar-refractivity contribution < 1.29 is 18.7 Å². The van der Waals surface area contributed by atoms with Gasteiger partial charge in [0.1, 0.15) is 0 Å². The molecular formula is C8H8F2N2O2. The first-order valence-electron chi connectivity index (χ1n) is 3.61. The molecule has 0 heterocycles. The summed E-state index contributed by atoms with van der Waals surface area (Å²) in [5, 5.41) is 11.0. The molecule has 6 heteroatoms. The minimum Gasteiger partial charge on any atom is -0.493 e. The Morgan fingerprint density at radius 2 is 2.14 bits per heavy atom. The molecular weight excluding hydrogens is 194 g/mol. The molecule has 76 valence electrons. The third-order valence-corrected chi connectivity index (χ3v) is 1.64. The molecule has 0 aliphatic rings. The average molecular weight is 202 g/mol. The van der Waals surface area contributed by atoms with Gasteiger partial charge in [0.25, 0.3) is 0 Å². The summed E-state index contributed by atoms with van der Waals surface area (Å²) in [7, 11) is 1.16. The van der Waals surface area contributed by atoms with Crippen molar-refractivity contribution in [1.29, 1.82) is 0 Å². The molecule has 0 amide bonds. The molecule has 4 nitrogen and oxygen atoms in total. The van der Waals surface area contributed by atoms with E-state index in [0.717, 1.165) is 19.2 Å². The Bertz CT molecular complexity index is 380. The van der Waals surface area contributed by atoms with Crippen molar-refractivity contribution in [2.24, 2.45) is 10.9 Å². The summed E-state index contributed by atoms with van der Waals surface area (Å²) in [6.07, 6.45) is 0. The second kappa shape index (κ2) is 3.91. The zero-order valence-corrected chi connectivity index (χ0v) is 7.29. The molecule has 14 heavy (non-hydrogen) atoms. The van der Waals surface area contributed by atoms with Gasteiger partial charge in [-0.25, -0.2) is 4.39 Å². The van der Waals surface area contributed by atoms with Crippen LogP contribution in [0.1, 0.15) is 5.56 Å². The molecule has 1 aromatic rings. The van der Waals surface area contributed by atoms with Crippen LogP contribution < -0.4 is 10.5 Å². The van der Waals surface area contributed by atoms with E-state index in [2.05, 4.69) is 9.89 Å². The summed E-state index contributed by atoms with van der Waals surface area (Å²) in [5.74, 6) is -2.96. The van der Waals surface area contributed by atoms with Gasteiger partial charge in [-0.3, -0.25) is 0 Å². The summed E-state index contributed by atoms with van der Waals surface area (Å²) in [5.41, 5.74) is 5.21. The van der Waals surface area contributed by atoms with Gasteiger partial charge >= 0.3 is 0 Å². The Morgan fingerprint density at radius 1 is 1.50 bits per heavy atom. The average Bonchev–Trinajstić information content (AvgIpc) is 2.20. The van der Waals surface area contributed by atoms with E-state index in [1.807, 2.05) is 0 Å². The van der Waals surface area contributed by atoms with Crippen LogP contribution in [0.2, 0.25) is 0 Å². The fourth-order valence-electron chi connectivity index (χ4n) is 0.987. The molecule has 0 atom stereocenters. The normalized spacial score (nSPS) is 11.5. The lowest BCUT2D eigenvalue weighted by Crippen LogP contribution is -2.15. The number of benzene rings is 1. The number of nitrogens with two attached hydrogens (primary N) is 1. The maximum Gasteiger partial charge on any atom is 0.201 e. The highest BCUT2D eigenvalue weighted by molar-refractivity contribution is 5.99. The van der Waals surface area contributed by atoms with Crippen molar-refractivity contribution >= 4 is 5.84 Å². The molecule has 1 aromatic carbocycles. The topological polar surface area (TPSA) is 67.8 Å². The van der Waals surface area contributed by atoms with Gasteiger partial charge in [-0.05, 0) is 12.1 Å². The summed E-state index contributed by atoms with van der Waals surface area (Å²) in [6.45, 7) is 0. The fourth-order valence-corrected chi connectivity index (χ4v) is 0.987. The van der Waals surface area contributed by atoms with Crippen molar-refractivity contribution in [1.82, 2.24) is 0 Å². The number of rotatable bonds is 2. The SMILES string of the molecule is COc1c(/C(N)=N\O)ccc(F)c1F. The molecule has 0 aliphatic carbocycles. The number of hydrogen-bond acceptors (Lipinski definition) is 3. The highest BCUT2D eigenvalue weighted by atomic mass is 19.2. The molecule has 0 aromatic heterocycles. The van der Waals surface area contributed by atoms with Crippen LogP contribution in [-0.4, -0.2) is 18.2 Å². The molecule has 0 saturated heterocycles. The van der Waals surface area contributed by atoms with E-state index in [4.69, 9.17) is 10.9 Å². The van der Waals surface area contributed by atoms with E-state index >= 15 is 0 Å². The maximum absolute atomic E-state index is 13.1. The molecule has 0 spiro atoms. The molecule has 0 aliphatic heterocycles. The zero-order chi connectivity index (χ0) is 10.7. The van der Waals surface area contributed by atoms with Crippen LogP contribution in [0.25, 0.3) is 0 Å². The van der Waals surface area contributed by atoms with Crippen molar-refractivity contribution in [2.45, 2.75) is 0 Å². The first-order valence-corrected chi connectivity index (χ1v) is 3.61. The quantitative estimate of drug-likeness (QED) is 0.326. The van der Waals surface area contributed by atoms with Gasteiger partial charge < -0.3 is 15.7 Å². The van der Waals surface area contributed by atoms with Crippen molar-refractivity contribution in [2.75, 3.05) is 7.11 Å². The van der Waals surface area contributed by atoms with E-state index in [9.17, 15) is 8.78 Å². The lowest BCUT2D eigenvalue weighted by molar-refractivity contribution is 0.318. The molecule has 0 unspecified atom stereocenters. The lowest BCUT2D eigenvalue weighted by Gasteiger charge is -2.07. The van der Waals surface area contributed by atoms with Crippen LogP contribution in [-0.2, 0) is 0 Å². The number of oxime groups is 1.